The van der Waals surface area contributed by atoms with Gasteiger partial charge in [-0.3, -0.25) is 4.79 Å². The summed E-state index contributed by atoms with van der Waals surface area (Å²) in [5.74, 6) is -0.249. The maximum Gasteiger partial charge on any atom is 0.220 e. The molecule has 17 unspecified atom stereocenters. The van der Waals surface area contributed by atoms with Crippen molar-refractivity contribution in [2.45, 2.75) is 317 Å². The average molecular weight is 1150 g/mol. The molecule has 3 fully saturated rings. The first-order valence-electron chi connectivity index (χ1n) is 31.2. The standard InChI is InChI=1S/C61H111NO18/c1-3-5-7-9-11-13-14-15-16-17-18-19-20-21-22-23-24-25-26-27-28-29-30-31-33-35-37-39-49(67)62-44(45(66)38-36-34-32-12-10-8-6-4-2)43-75-59-55(73)52(70)57(47(41-64)77-59)80-61-56(74)53(71)58(48(42-65)78-61)79-60-54(72)51(69)50(68)46(40-63)76-60/h14-15,17-18,20-21,44-48,50-61,63-66,68-74H,3-13,16,19,22-43H2,1-2H3,(H,62,67)/b15-14-,18-17-,21-20-. The quantitative estimate of drug-likeness (QED) is 0.0242. The molecule has 0 aromatic heterocycles. The first-order valence-corrected chi connectivity index (χ1v) is 31.2. The molecule has 3 aliphatic rings. The van der Waals surface area contributed by atoms with Crippen LogP contribution in [0.5, 0.6) is 0 Å². The van der Waals surface area contributed by atoms with Crippen molar-refractivity contribution in [1.29, 1.82) is 0 Å². The van der Waals surface area contributed by atoms with Gasteiger partial charge < -0.3 is 89.9 Å². The number of carbonyl (C=O) groups is 1. The number of ether oxygens (including phenoxy) is 6. The van der Waals surface area contributed by atoms with Gasteiger partial charge in [-0.15, -0.1) is 0 Å². The molecule has 17 atom stereocenters. The van der Waals surface area contributed by atoms with Crippen LogP contribution < -0.4 is 5.32 Å². The lowest BCUT2D eigenvalue weighted by Crippen LogP contribution is -2.66. The summed E-state index contributed by atoms with van der Waals surface area (Å²) >= 11 is 0. The fourth-order valence-electron chi connectivity index (χ4n) is 10.6. The number of aliphatic hydroxyl groups is 11. The van der Waals surface area contributed by atoms with E-state index in [2.05, 4.69) is 55.6 Å². The molecule has 19 nitrogen and oxygen atoms in total. The molecule has 3 saturated heterocycles. The van der Waals surface area contributed by atoms with E-state index >= 15 is 0 Å². The summed E-state index contributed by atoms with van der Waals surface area (Å²) in [6, 6.07) is -0.885. The van der Waals surface area contributed by atoms with E-state index in [0.29, 0.717) is 12.8 Å². The Hall–Kier alpha value is -1.99. The minimum Gasteiger partial charge on any atom is -0.394 e. The lowest BCUT2D eigenvalue weighted by atomic mass is 9.96. The molecule has 0 radical (unpaired) electrons. The van der Waals surface area contributed by atoms with Crippen LogP contribution in [0.4, 0.5) is 0 Å². The Kier molecular flexibility index (Phi) is 40.2. The van der Waals surface area contributed by atoms with E-state index in [4.69, 9.17) is 28.4 Å². The molecule has 0 aliphatic carbocycles. The van der Waals surface area contributed by atoms with E-state index in [1.807, 2.05) is 0 Å². The molecule has 0 spiro atoms. The molecule has 3 heterocycles. The molecular weight excluding hydrogens is 1030 g/mol. The van der Waals surface area contributed by atoms with Crippen LogP contribution in [-0.4, -0.2) is 193 Å². The highest BCUT2D eigenvalue weighted by atomic mass is 16.8. The highest BCUT2D eigenvalue weighted by Crippen LogP contribution is 2.33. The molecule has 3 aliphatic heterocycles. The van der Waals surface area contributed by atoms with Gasteiger partial charge in [0.15, 0.2) is 18.9 Å². The SMILES string of the molecule is CCCCCCC/C=C\C/C=C\C/C=C\CCCCCCCCCCCCCCC(=O)NC(COC1OC(CO)C(OC2OC(CO)C(OC3OC(CO)C(O)C(O)C3O)C(O)C2O)C(O)C1O)C(O)CCCCCCCCCC. The van der Waals surface area contributed by atoms with Crippen molar-refractivity contribution in [3.05, 3.63) is 36.5 Å². The van der Waals surface area contributed by atoms with Gasteiger partial charge in [0.1, 0.15) is 73.2 Å². The van der Waals surface area contributed by atoms with E-state index in [1.54, 1.807) is 0 Å². The Morgan fingerprint density at radius 2 is 0.825 bits per heavy atom. The van der Waals surface area contributed by atoms with E-state index in [1.165, 1.54) is 116 Å². The maximum atomic E-state index is 13.3. The van der Waals surface area contributed by atoms with Crippen molar-refractivity contribution in [2.24, 2.45) is 0 Å². The van der Waals surface area contributed by atoms with Crippen LogP contribution >= 0.6 is 0 Å². The predicted octanol–water partition coefficient (Wildman–Crippen LogP) is 6.10. The number of rotatable bonds is 46. The second kappa shape index (κ2) is 44.5. The van der Waals surface area contributed by atoms with Crippen molar-refractivity contribution in [1.82, 2.24) is 5.32 Å². The lowest BCUT2D eigenvalue weighted by molar-refractivity contribution is -0.379. The molecule has 80 heavy (non-hydrogen) atoms. The minimum absolute atomic E-state index is 0.249. The Balaban J connectivity index is 1.38. The van der Waals surface area contributed by atoms with Gasteiger partial charge in [0, 0.05) is 6.42 Å². The average Bonchev–Trinajstić information content (AvgIpc) is 3.55. The number of carbonyl (C=O) groups excluding carboxylic acids is 1. The first-order chi connectivity index (χ1) is 38.8. The lowest BCUT2D eigenvalue weighted by Gasteiger charge is -2.48. The highest BCUT2D eigenvalue weighted by Gasteiger charge is 2.53. The van der Waals surface area contributed by atoms with Crippen molar-refractivity contribution in [3.8, 4) is 0 Å². The van der Waals surface area contributed by atoms with Gasteiger partial charge >= 0.3 is 0 Å². The Morgan fingerprint density at radius 1 is 0.450 bits per heavy atom. The zero-order valence-electron chi connectivity index (χ0n) is 48.8. The third-order valence-corrected chi connectivity index (χ3v) is 15.7. The molecule has 0 aromatic rings. The molecule has 0 saturated carbocycles. The third kappa shape index (κ3) is 27.8. The Morgan fingerprint density at radius 3 is 1.29 bits per heavy atom. The van der Waals surface area contributed by atoms with Gasteiger partial charge in [0.25, 0.3) is 0 Å². The zero-order valence-corrected chi connectivity index (χ0v) is 48.8. The molecular formula is C61H111NO18. The summed E-state index contributed by atoms with van der Waals surface area (Å²) in [6.07, 6.45) is 21.2. The summed E-state index contributed by atoms with van der Waals surface area (Å²) < 4.78 is 34.2. The number of nitrogens with one attached hydrogen (secondary N) is 1. The van der Waals surface area contributed by atoms with Gasteiger partial charge in [-0.1, -0.05) is 192 Å². The second-order valence-corrected chi connectivity index (χ2v) is 22.5. The normalized spacial score (nSPS) is 30.2. The van der Waals surface area contributed by atoms with Crippen LogP contribution in [0.25, 0.3) is 0 Å². The third-order valence-electron chi connectivity index (χ3n) is 15.7. The van der Waals surface area contributed by atoms with E-state index < -0.39 is 124 Å². The van der Waals surface area contributed by atoms with E-state index in [9.17, 15) is 61.0 Å². The van der Waals surface area contributed by atoms with Gasteiger partial charge in [0.2, 0.25) is 5.91 Å². The predicted molar refractivity (Wildman–Crippen MR) is 305 cm³/mol. The smallest absolute Gasteiger partial charge is 0.220 e. The van der Waals surface area contributed by atoms with Crippen LogP contribution in [0.2, 0.25) is 0 Å². The summed E-state index contributed by atoms with van der Waals surface area (Å²) in [5, 5.41) is 120. The number of amides is 1. The molecule has 12 N–H and O–H groups in total. The van der Waals surface area contributed by atoms with Crippen LogP contribution in [-0.2, 0) is 33.2 Å². The zero-order chi connectivity index (χ0) is 58.3. The largest absolute Gasteiger partial charge is 0.394 e. The highest BCUT2D eigenvalue weighted by molar-refractivity contribution is 5.76. The summed E-state index contributed by atoms with van der Waals surface area (Å²) in [6.45, 7) is 1.73. The fraction of sp³-hybridized carbons (Fsp3) is 0.885. The van der Waals surface area contributed by atoms with Crippen LogP contribution in [0, 0.1) is 0 Å². The molecule has 3 rings (SSSR count). The number of allylic oxidation sites excluding steroid dienone is 6. The second-order valence-electron chi connectivity index (χ2n) is 22.5. The monoisotopic (exact) mass is 1150 g/mol. The van der Waals surface area contributed by atoms with E-state index in [0.717, 1.165) is 64.2 Å². The topological polar surface area (TPSA) is 307 Å². The molecule has 0 aromatic carbocycles. The van der Waals surface area contributed by atoms with Crippen molar-refractivity contribution in [3.63, 3.8) is 0 Å². The molecule has 468 valence electrons. The maximum absolute atomic E-state index is 13.3. The van der Waals surface area contributed by atoms with Gasteiger partial charge in [-0.25, -0.2) is 0 Å². The van der Waals surface area contributed by atoms with Crippen LogP contribution in [0.1, 0.15) is 213 Å². The van der Waals surface area contributed by atoms with Crippen molar-refractivity contribution in [2.75, 3.05) is 26.4 Å². The summed E-state index contributed by atoms with van der Waals surface area (Å²) in [7, 11) is 0. The molecule has 19 heteroatoms. The number of unbranched alkanes of at least 4 members (excludes halogenated alkanes) is 24. The molecule has 0 bridgehead atoms. The van der Waals surface area contributed by atoms with Crippen LogP contribution in [0.15, 0.2) is 36.5 Å². The Bertz CT molecular complexity index is 1600. The fourth-order valence-corrected chi connectivity index (χ4v) is 10.6. The number of hydrogen-bond donors (Lipinski definition) is 12. The number of hydrogen-bond acceptors (Lipinski definition) is 18. The van der Waals surface area contributed by atoms with Crippen molar-refractivity contribution < 1.29 is 89.4 Å². The molecule has 1 amide bonds. The van der Waals surface area contributed by atoms with Crippen LogP contribution in [0.3, 0.4) is 0 Å². The van der Waals surface area contributed by atoms with Gasteiger partial charge in [0.05, 0.1) is 38.6 Å². The Labute approximate surface area is 479 Å². The first kappa shape index (κ1) is 72.3. The summed E-state index contributed by atoms with van der Waals surface area (Å²) in [5.41, 5.74) is 0. The van der Waals surface area contributed by atoms with Gasteiger partial charge in [-0.05, 0) is 51.4 Å². The minimum atomic E-state index is -1.97. The van der Waals surface area contributed by atoms with Gasteiger partial charge in [-0.2, -0.15) is 0 Å². The van der Waals surface area contributed by atoms with Crippen molar-refractivity contribution >= 4 is 5.91 Å². The van der Waals surface area contributed by atoms with E-state index in [-0.39, 0.29) is 18.9 Å². The summed E-state index contributed by atoms with van der Waals surface area (Å²) in [4.78, 5) is 13.3. The number of aliphatic hydroxyl groups excluding tert-OH is 11.